The van der Waals surface area contributed by atoms with Gasteiger partial charge in [-0.25, -0.2) is 13.8 Å². The first-order valence-electron chi connectivity index (χ1n) is 9.90. The summed E-state index contributed by atoms with van der Waals surface area (Å²) in [5.74, 6) is -1.33. The van der Waals surface area contributed by atoms with Gasteiger partial charge in [0.2, 0.25) is 5.91 Å². The third-order valence-electron chi connectivity index (χ3n) is 6.07. The van der Waals surface area contributed by atoms with Crippen LogP contribution in [0.2, 0.25) is 0 Å². The van der Waals surface area contributed by atoms with Crippen LogP contribution in [0.15, 0.2) is 30.5 Å². The van der Waals surface area contributed by atoms with E-state index < -0.39 is 11.6 Å². The number of hydroxylamine groups is 2. The molecule has 0 bridgehead atoms. The highest BCUT2D eigenvalue weighted by Crippen LogP contribution is 2.37. The predicted molar refractivity (Wildman–Crippen MR) is 98.9 cm³/mol. The fraction of sp³-hybridized carbons (Fsp3) is 0.524. The van der Waals surface area contributed by atoms with Gasteiger partial charge in [-0.3, -0.25) is 14.3 Å². The Kier molecular flexibility index (Phi) is 5.44. The minimum absolute atomic E-state index is 0.0359. The highest BCUT2D eigenvalue weighted by molar-refractivity contribution is 5.78. The van der Waals surface area contributed by atoms with Crippen LogP contribution in [0.1, 0.15) is 49.4 Å². The van der Waals surface area contributed by atoms with Crippen molar-refractivity contribution >= 4 is 5.91 Å². The third kappa shape index (κ3) is 3.81. The second-order valence-corrected chi connectivity index (χ2v) is 7.84. The van der Waals surface area contributed by atoms with Crippen LogP contribution in [-0.4, -0.2) is 27.4 Å². The van der Waals surface area contributed by atoms with E-state index in [-0.39, 0.29) is 17.9 Å². The molecule has 0 radical (unpaired) electrons. The highest BCUT2D eigenvalue weighted by atomic mass is 19.2. The van der Waals surface area contributed by atoms with Gasteiger partial charge in [0, 0.05) is 31.3 Å². The zero-order chi connectivity index (χ0) is 19.7. The van der Waals surface area contributed by atoms with Crippen LogP contribution in [0.3, 0.4) is 0 Å². The molecule has 5 nitrogen and oxygen atoms in total. The highest BCUT2D eigenvalue weighted by Gasteiger charge is 2.37. The molecule has 0 unspecified atom stereocenters. The molecule has 1 saturated carbocycles. The lowest BCUT2D eigenvalue weighted by Crippen LogP contribution is -2.36. The Bertz CT molecular complexity index is 846. The second kappa shape index (κ2) is 7.99. The Morgan fingerprint density at radius 1 is 1.14 bits per heavy atom. The molecule has 4 rings (SSSR count). The summed E-state index contributed by atoms with van der Waals surface area (Å²) in [6, 6.07) is 5.49. The van der Waals surface area contributed by atoms with Crippen molar-refractivity contribution in [3.05, 3.63) is 53.4 Å². The summed E-state index contributed by atoms with van der Waals surface area (Å²) in [7, 11) is 1.95. The summed E-state index contributed by atoms with van der Waals surface area (Å²) in [5.41, 5.74) is 1.80. The minimum atomic E-state index is -0.896. The fourth-order valence-electron chi connectivity index (χ4n) is 4.40. The van der Waals surface area contributed by atoms with Crippen molar-refractivity contribution in [1.82, 2.24) is 14.8 Å². The molecule has 2 aromatic rings. The van der Waals surface area contributed by atoms with Crippen molar-refractivity contribution in [3.63, 3.8) is 0 Å². The van der Waals surface area contributed by atoms with E-state index in [1.165, 1.54) is 22.9 Å². The van der Waals surface area contributed by atoms with Gasteiger partial charge in [0.15, 0.2) is 11.6 Å². The molecule has 150 valence electrons. The average Bonchev–Trinajstić information content (AvgIpc) is 3.34. The van der Waals surface area contributed by atoms with Gasteiger partial charge < -0.3 is 0 Å². The molecular weight excluding hydrogens is 364 g/mol. The Morgan fingerprint density at radius 2 is 1.93 bits per heavy atom. The molecule has 0 N–H and O–H groups in total. The quantitative estimate of drug-likeness (QED) is 0.795. The number of halogens is 2. The van der Waals surface area contributed by atoms with Crippen molar-refractivity contribution in [2.24, 2.45) is 18.9 Å². The number of rotatable bonds is 4. The summed E-state index contributed by atoms with van der Waals surface area (Å²) in [4.78, 5) is 18.6. The monoisotopic (exact) mass is 389 g/mol. The third-order valence-corrected chi connectivity index (χ3v) is 6.07. The molecule has 2 aliphatic rings. The molecular formula is C21H25F2N3O2. The van der Waals surface area contributed by atoms with Crippen molar-refractivity contribution in [3.8, 4) is 0 Å². The first-order valence-corrected chi connectivity index (χ1v) is 9.90. The van der Waals surface area contributed by atoms with Gasteiger partial charge in [0.05, 0.1) is 12.6 Å². The molecule has 1 aromatic carbocycles. The molecule has 2 fully saturated rings. The van der Waals surface area contributed by atoms with E-state index in [2.05, 4.69) is 5.10 Å². The van der Waals surface area contributed by atoms with E-state index in [4.69, 9.17) is 4.84 Å². The number of nitrogens with zero attached hydrogens (tertiary/aromatic N) is 3. The lowest BCUT2D eigenvalue weighted by atomic mass is 9.79. The molecule has 1 aliphatic heterocycles. The van der Waals surface area contributed by atoms with Gasteiger partial charge in [-0.1, -0.05) is 6.07 Å². The lowest BCUT2D eigenvalue weighted by molar-refractivity contribution is -0.183. The number of amides is 1. The first kappa shape index (κ1) is 19.1. The van der Waals surface area contributed by atoms with Crippen LogP contribution in [0.25, 0.3) is 0 Å². The van der Waals surface area contributed by atoms with Crippen LogP contribution in [-0.2, 0) is 23.1 Å². The fourth-order valence-corrected chi connectivity index (χ4v) is 4.40. The predicted octanol–water partition coefficient (Wildman–Crippen LogP) is 3.95. The molecule has 1 saturated heterocycles. The number of hydrogen-bond donors (Lipinski definition) is 0. The lowest BCUT2D eigenvalue weighted by Gasteiger charge is -2.32. The van der Waals surface area contributed by atoms with Crippen LogP contribution < -0.4 is 0 Å². The smallest absolute Gasteiger partial charge is 0.249 e. The summed E-state index contributed by atoms with van der Waals surface area (Å²) >= 11 is 0. The van der Waals surface area contributed by atoms with Gasteiger partial charge >= 0.3 is 0 Å². The molecule has 2 heterocycles. The summed E-state index contributed by atoms with van der Waals surface area (Å²) in [6.45, 7) is 0.408. The van der Waals surface area contributed by atoms with Gasteiger partial charge in [-0.2, -0.15) is 5.10 Å². The van der Waals surface area contributed by atoms with E-state index >= 15 is 0 Å². The Labute approximate surface area is 163 Å². The second-order valence-electron chi connectivity index (χ2n) is 7.84. The van der Waals surface area contributed by atoms with E-state index in [1.807, 2.05) is 24.0 Å². The van der Waals surface area contributed by atoms with Gasteiger partial charge in [0.25, 0.3) is 0 Å². The maximum absolute atomic E-state index is 13.6. The summed E-state index contributed by atoms with van der Waals surface area (Å²) in [5, 5.41) is 5.62. The van der Waals surface area contributed by atoms with Crippen molar-refractivity contribution < 1.29 is 18.4 Å². The normalized spacial score (nSPS) is 25.2. The van der Waals surface area contributed by atoms with Gasteiger partial charge in [0.1, 0.15) is 0 Å². The molecule has 0 spiro atoms. The maximum atomic E-state index is 13.6. The summed E-state index contributed by atoms with van der Waals surface area (Å²) in [6.07, 6.45) is 7.02. The van der Waals surface area contributed by atoms with E-state index in [9.17, 15) is 13.6 Å². The van der Waals surface area contributed by atoms with Gasteiger partial charge in [-0.05, 0) is 61.8 Å². The number of carbonyl (C=O) groups is 1. The standard InChI is InChI=1S/C21H25F2N3O2/c1-25-17(8-10-24-25)12-14-2-4-15(5-3-14)21(27)26-20(9-11-28-26)16-6-7-18(22)19(23)13-16/h6-8,10,13-15,20H,2-5,9,11-12H2,1H3/t14?,15?,20-/m0/s1. The Morgan fingerprint density at radius 3 is 2.61 bits per heavy atom. The number of aryl methyl sites for hydroxylation is 1. The van der Waals surface area contributed by atoms with Crippen molar-refractivity contribution in [1.29, 1.82) is 0 Å². The SMILES string of the molecule is Cn1nccc1CC1CCC(C(=O)N2OCC[C@H]2c2ccc(F)c(F)c2)CC1. The van der Waals surface area contributed by atoms with Crippen LogP contribution >= 0.6 is 0 Å². The number of hydrogen-bond acceptors (Lipinski definition) is 3. The number of aromatic nitrogens is 2. The molecule has 28 heavy (non-hydrogen) atoms. The van der Waals surface area contributed by atoms with E-state index in [0.717, 1.165) is 38.2 Å². The molecule has 7 heteroatoms. The zero-order valence-corrected chi connectivity index (χ0v) is 16.0. The molecule has 1 amide bonds. The van der Waals surface area contributed by atoms with Crippen LogP contribution in [0.4, 0.5) is 8.78 Å². The maximum Gasteiger partial charge on any atom is 0.249 e. The number of benzene rings is 1. The first-order chi connectivity index (χ1) is 13.5. The molecule has 1 atom stereocenters. The summed E-state index contributed by atoms with van der Waals surface area (Å²) < 4.78 is 28.8. The Hall–Kier alpha value is -2.28. The topological polar surface area (TPSA) is 47.4 Å². The van der Waals surface area contributed by atoms with E-state index in [0.29, 0.717) is 24.5 Å². The number of carbonyl (C=O) groups excluding carboxylic acids is 1. The molecule has 1 aliphatic carbocycles. The van der Waals surface area contributed by atoms with Crippen LogP contribution in [0.5, 0.6) is 0 Å². The molecule has 1 aromatic heterocycles. The van der Waals surface area contributed by atoms with Gasteiger partial charge in [-0.15, -0.1) is 0 Å². The van der Waals surface area contributed by atoms with E-state index in [1.54, 1.807) is 0 Å². The Balaban J connectivity index is 1.37. The average molecular weight is 389 g/mol. The minimum Gasteiger partial charge on any atom is -0.273 e. The van der Waals surface area contributed by atoms with Crippen molar-refractivity contribution in [2.45, 2.75) is 44.6 Å². The zero-order valence-electron chi connectivity index (χ0n) is 16.0. The largest absolute Gasteiger partial charge is 0.273 e. The van der Waals surface area contributed by atoms with Crippen LogP contribution in [0, 0.1) is 23.5 Å². The van der Waals surface area contributed by atoms with Crippen molar-refractivity contribution in [2.75, 3.05) is 6.61 Å².